The zero-order valence-corrected chi connectivity index (χ0v) is 9.27. The summed E-state index contributed by atoms with van der Waals surface area (Å²) in [4.78, 5) is 13.8. The summed E-state index contributed by atoms with van der Waals surface area (Å²) in [5.41, 5.74) is 0.546. The summed E-state index contributed by atoms with van der Waals surface area (Å²) < 4.78 is 5.54. The largest absolute Gasteiger partial charge is 0.374 e. The SMILES string of the molecule is CN1CCOC(CNC(=O)c2cn[nH]c2)C1. The van der Waals surface area contributed by atoms with Gasteiger partial charge >= 0.3 is 0 Å². The van der Waals surface area contributed by atoms with E-state index in [9.17, 15) is 4.79 Å². The quantitative estimate of drug-likeness (QED) is 0.724. The Morgan fingerprint density at radius 2 is 2.69 bits per heavy atom. The average molecular weight is 224 g/mol. The van der Waals surface area contributed by atoms with Crippen molar-refractivity contribution < 1.29 is 9.53 Å². The number of likely N-dealkylation sites (N-methyl/N-ethyl adjacent to an activating group) is 1. The van der Waals surface area contributed by atoms with Crippen LogP contribution in [0.4, 0.5) is 0 Å². The molecule has 0 radical (unpaired) electrons. The van der Waals surface area contributed by atoms with E-state index in [4.69, 9.17) is 4.74 Å². The fraction of sp³-hybridized carbons (Fsp3) is 0.600. The van der Waals surface area contributed by atoms with Crippen molar-refractivity contribution in [2.24, 2.45) is 0 Å². The lowest BCUT2D eigenvalue weighted by Crippen LogP contribution is -2.45. The summed E-state index contributed by atoms with van der Waals surface area (Å²) >= 11 is 0. The fourth-order valence-corrected chi connectivity index (χ4v) is 1.67. The van der Waals surface area contributed by atoms with Crippen LogP contribution >= 0.6 is 0 Å². The molecule has 6 heteroatoms. The van der Waals surface area contributed by atoms with Crippen molar-refractivity contribution >= 4 is 5.91 Å². The molecule has 16 heavy (non-hydrogen) atoms. The first-order valence-electron chi connectivity index (χ1n) is 5.33. The average Bonchev–Trinajstić information content (AvgIpc) is 2.79. The summed E-state index contributed by atoms with van der Waals surface area (Å²) in [5, 5.41) is 9.15. The predicted octanol–water partition coefficient (Wildman–Crippen LogP) is -0.530. The van der Waals surface area contributed by atoms with Crippen molar-refractivity contribution in [3.63, 3.8) is 0 Å². The minimum absolute atomic E-state index is 0.0783. The molecule has 1 aromatic heterocycles. The first-order chi connectivity index (χ1) is 7.75. The number of nitrogens with one attached hydrogen (secondary N) is 2. The third-order valence-electron chi connectivity index (χ3n) is 2.59. The number of H-pyrrole nitrogens is 1. The van der Waals surface area contributed by atoms with E-state index in [1.54, 1.807) is 6.20 Å². The van der Waals surface area contributed by atoms with Crippen LogP contribution in [-0.4, -0.2) is 60.4 Å². The van der Waals surface area contributed by atoms with Crippen LogP contribution in [0.25, 0.3) is 0 Å². The summed E-state index contributed by atoms with van der Waals surface area (Å²) in [6.45, 7) is 3.06. The van der Waals surface area contributed by atoms with Crippen LogP contribution in [0.1, 0.15) is 10.4 Å². The minimum Gasteiger partial charge on any atom is -0.374 e. The zero-order valence-electron chi connectivity index (χ0n) is 9.27. The molecule has 0 aromatic carbocycles. The Balaban J connectivity index is 1.77. The number of carbonyl (C=O) groups is 1. The zero-order chi connectivity index (χ0) is 11.4. The van der Waals surface area contributed by atoms with Gasteiger partial charge < -0.3 is 15.0 Å². The summed E-state index contributed by atoms with van der Waals surface area (Å²) in [5.74, 6) is -0.120. The second kappa shape index (κ2) is 5.09. The third-order valence-corrected chi connectivity index (χ3v) is 2.59. The highest BCUT2D eigenvalue weighted by molar-refractivity contribution is 5.93. The molecule has 2 heterocycles. The van der Waals surface area contributed by atoms with Gasteiger partial charge in [-0.15, -0.1) is 0 Å². The van der Waals surface area contributed by atoms with E-state index in [1.807, 2.05) is 7.05 Å². The van der Waals surface area contributed by atoms with Crippen LogP contribution in [0.3, 0.4) is 0 Å². The van der Waals surface area contributed by atoms with Gasteiger partial charge in [0.1, 0.15) is 0 Å². The van der Waals surface area contributed by atoms with E-state index >= 15 is 0 Å². The van der Waals surface area contributed by atoms with E-state index in [0.717, 1.165) is 19.7 Å². The van der Waals surface area contributed by atoms with E-state index in [2.05, 4.69) is 20.4 Å². The number of hydrogen-bond acceptors (Lipinski definition) is 4. The molecular weight excluding hydrogens is 208 g/mol. The molecule has 2 rings (SSSR count). The van der Waals surface area contributed by atoms with Gasteiger partial charge in [-0.25, -0.2) is 0 Å². The number of amides is 1. The maximum Gasteiger partial charge on any atom is 0.254 e. The van der Waals surface area contributed by atoms with E-state index in [-0.39, 0.29) is 12.0 Å². The van der Waals surface area contributed by atoms with Gasteiger partial charge in [0.05, 0.1) is 24.5 Å². The molecule has 0 spiro atoms. The Labute approximate surface area is 94.0 Å². The number of hydrogen-bond donors (Lipinski definition) is 2. The maximum absolute atomic E-state index is 11.6. The van der Waals surface area contributed by atoms with E-state index in [0.29, 0.717) is 12.1 Å². The fourth-order valence-electron chi connectivity index (χ4n) is 1.67. The minimum atomic E-state index is -0.120. The van der Waals surface area contributed by atoms with E-state index in [1.165, 1.54) is 6.20 Å². The van der Waals surface area contributed by atoms with Crippen LogP contribution in [-0.2, 0) is 4.74 Å². The molecule has 1 aliphatic rings. The molecule has 1 atom stereocenters. The second-order valence-electron chi connectivity index (χ2n) is 3.95. The molecule has 1 unspecified atom stereocenters. The third kappa shape index (κ3) is 2.80. The van der Waals surface area contributed by atoms with Gasteiger partial charge in [0.25, 0.3) is 5.91 Å². The molecule has 0 bridgehead atoms. The van der Waals surface area contributed by atoms with Crippen molar-refractivity contribution in [2.45, 2.75) is 6.10 Å². The maximum atomic E-state index is 11.6. The molecule has 0 saturated carbocycles. The number of carbonyl (C=O) groups excluding carboxylic acids is 1. The molecule has 1 amide bonds. The number of aromatic amines is 1. The highest BCUT2D eigenvalue weighted by atomic mass is 16.5. The summed E-state index contributed by atoms with van der Waals surface area (Å²) in [6.07, 6.45) is 3.15. The van der Waals surface area contributed by atoms with Gasteiger partial charge in [-0.3, -0.25) is 9.89 Å². The summed E-state index contributed by atoms with van der Waals surface area (Å²) in [7, 11) is 2.05. The number of morpholine rings is 1. The lowest BCUT2D eigenvalue weighted by molar-refractivity contribution is -0.0175. The lowest BCUT2D eigenvalue weighted by atomic mass is 10.2. The molecule has 0 aliphatic carbocycles. The number of rotatable bonds is 3. The van der Waals surface area contributed by atoms with Crippen LogP contribution in [0.5, 0.6) is 0 Å². The Bertz CT molecular complexity index is 339. The molecule has 1 saturated heterocycles. The Morgan fingerprint density at radius 3 is 3.38 bits per heavy atom. The predicted molar refractivity (Wildman–Crippen MR) is 58.2 cm³/mol. The van der Waals surface area contributed by atoms with Crippen molar-refractivity contribution in [2.75, 3.05) is 33.3 Å². The molecule has 1 aromatic rings. The number of ether oxygens (including phenoxy) is 1. The Hall–Kier alpha value is -1.40. The highest BCUT2D eigenvalue weighted by Crippen LogP contribution is 2.02. The van der Waals surface area contributed by atoms with Crippen LogP contribution in [0.2, 0.25) is 0 Å². The number of aromatic nitrogens is 2. The monoisotopic (exact) mass is 224 g/mol. The normalized spacial score (nSPS) is 21.9. The summed E-state index contributed by atoms with van der Waals surface area (Å²) in [6, 6.07) is 0. The molecule has 1 fully saturated rings. The molecular formula is C10H16N4O2. The van der Waals surface area contributed by atoms with Crippen LogP contribution in [0, 0.1) is 0 Å². The van der Waals surface area contributed by atoms with Crippen LogP contribution < -0.4 is 5.32 Å². The topological polar surface area (TPSA) is 70.2 Å². The Morgan fingerprint density at radius 1 is 1.81 bits per heavy atom. The van der Waals surface area contributed by atoms with Crippen molar-refractivity contribution in [1.29, 1.82) is 0 Å². The van der Waals surface area contributed by atoms with Gasteiger partial charge in [-0.2, -0.15) is 5.10 Å². The van der Waals surface area contributed by atoms with Gasteiger partial charge in [-0.1, -0.05) is 0 Å². The van der Waals surface area contributed by atoms with Crippen molar-refractivity contribution in [3.8, 4) is 0 Å². The molecule has 1 aliphatic heterocycles. The smallest absolute Gasteiger partial charge is 0.254 e. The van der Waals surface area contributed by atoms with Gasteiger partial charge in [0, 0.05) is 25.8 Å². The van der Waals surface area contributed by atoms with Crippen LogP contribution in [0.15, 0.2) is 12.4 Å². The first kappa shape index (κ1) is 11.1. The van der Waals surface area contributed by atoms with Gasteiger partial charge in [0.15, 0.2) is 0 Å². The first-order valence-corrected chi connectivity index (χ1v) is 5.33. The number of nitrogens with zero attached hydrogens (tertiary/aromatic N) is 2. The van der Waals surface area contributed by atoms with Crippen molar-refractivity contribution in [1.82, 2.24) is 20.4 Å². The lowest BCUT2D eigenvalue weighted by Gasteiger charge is -2.30. The van der Waals surface area contributed by atoms with E-state index < -0.39 is 0 Å². The van der Waals surface area contributed by atoms with Crippen molar-refractivity contribution in [3.05, 3.63) is 18.0 Å². The molecule has 6 nitrogen and oxygen atoms in total. The van der Waals surface area contributed by atoms with Gasteiger partial charge in [0.2, 0.25) is 0 Å². The van der Waals surface area contributed by atoms with Gasteiger partial charge in [-0.05, 0) is 7.05 Å². The standard InChI is InChI=1S/C10H16N4O2/c1-14-2-3-16-9(7-14)6-11-10(15)8-4-12-13-5-8/h4-5,9H,2-3,6-7H2,1H3,(H,11,15)(H,12,13). The molecule has 88 valence electrons. The highest BCUT2D eigenvalue weighted by Gasteiger charge is 2.18. The Kier molecular flexibility index (Phi) is 3.53. The molecule has 2 N–H and O–H groups in total. The second-order valence-corrected chi connectivity index (χ2v) is 3.95.